The number of benzene rings is 3. The van der Waals surface area contributed by atoms with Crippen LogP contribution in [0.4, 0.5) is 14.9 Å². The van der Waals surface area contributed by atoms with Gasteiger partial charge in [0.25, 0.3) is 5.91 Å². The minimum absolute atomic E-state index is 0.0105. The molecule has 3 aromatic rings. The Bertz CT molecular complexity index is 1440. The smallest absolute Gasteiger partial charge is 0.325 e. The van der Waals surface area contributed by atoms with E-state index in [1.54, 1.807) is 54.6 Å². The van der Waals surface area contributed by atoms with Gasteiger partial charge in [0.1, 0.15) is 42.1 Å². The second kappa shape index (κ2) is 12.6. The molecule has 1 saturated carbocycles. The lowest BCUT2D eigenvalue weighted by molar-refractivity contribution is -0.134. The molecule has 1 unspecified atom stereocenters. The van der Waals surface area contributed by atoms with Crippen LogP contribution < -0.4 is 20.1 Å². The molecule has 0 radical (unpaired) electrons. The Kier molecular flexibility index (Phi) is 8.69. The van der Waals surface area contributed by atoms with Crippen LogP contribution >= 0.6 is 0 Å². The number of aliphatic hydroxyl groups is 2. The highest BCUT2D eigenvalue weighted by Gasteiger charge is 2.45. The van der Waals surface area contributed by atoms with Crippen molar-refractivity contribution in [2.45, 2.75) is 43.4 Å². The molecule has 0 spiro atoms. The molecule has 220 valence electrons. The summed E-state index contributed by atoms with van der Waals surface area (Å²) < 4.78 is 25.5. The van der Waals surface area contributed by atoms with Gasteiger partial charge in [0, 0.05) is 6.42 Å². The predicted octanol–water partition coefficient (Wildman–Crippen LogP) is 3.29. The van der Waals surface area contributed by atoms with Crippen LogP contribution in [0.5, 0.6) is 11.5 Å². The van der Waals surface area contributed by atoms with Crippen molar-refractivity contribution in [3.05, 3.63) is 89.2 Å². The molecule has 10 nitrogen and oxygen atoms in total. The number of aliphatic hydroxyl groups excluding tert-OH is 2. The molecule has 3 aromatic carbocycles. The maximum absolute atomic E-state index is 14.9. The molecule has 4 amide bonds. The standard InChI is InChI=1S/C31H32FN3O7/c1-41-23-9-2-18(3-10-23)14-27(29(38)33-26-13-8-21(15-25(26)32)19-4-5-19)35-30(39)28(34-31(35)40)20-6-11-24(12-7-20)42-17-22(37)16-36/h2-3,6-13,15,19,22,27-28,36-37H,4-5,14,16-17H2,1H3,(H,33,38)(H,34,40)/t22-,27?,28+/m0/s1. The van der Waals surface area contributed by atoms with Gasteiger partial charge in [-0.25, -0.2) is 14.1 Å². The lowest BCUT2D eigenvalue weighted by Crippen LogP contribution is -2.49. The van der Waals surface area contributed by atoms with Crippen LogP contribution in [0.15, 0.2) is 66.7 Å². The Morgan fingerprint density at radius 2 is 1.71 bits per heavy atom. The van der Waals surface area contributed by atoms with E-state index in [2.05, 4.69) is 10.6 Å². The first kappa shape index (κ1) is 29.0. The second-order valence-corrected chi connectivity index (χ2v) is 10.4. The van der Waals surface area contributed by atoms with E-state index in [1.807, 2.05) is 0 Å². The fraction of sp³-hybridized carbons (Fsp3) is 0.323. The van der Waals surface area contributed by atoms with Gasteiger partial charge in [-0.15, -0.1) is 0 Å². The fourth-order valence-electron chi connectivity index (χ4n) is 4.82. The Hall–Kier alpha value is -4.48. The van der Waals surface area contributed by atoms with E-state index >= 15 is 0 Å². The average Bonchev–Trinajstić information content (AvgIpc) is 3.81. The second-order valence-electron chi connectivity index (χ2n) is 10.4. The van der Waals surface area contributed by atoms with E-state index < -0.39 is 48.5 Å². The van der Waals surface area contributed by atoms with Gasteiger partial charge in [-0.05, 0) is 71.8 Å². The zero-order chi connectivity index (χ0) is 29.8. The van der Waals surface area contributed by atoms with Crippen LogP contribution in [-0.2, 0) is 16.0 Å². The van der Waals surface area contributed by atoms with E-state index in [0.717, 1.165) is 23.3 Å². The van der Waals surface area contributed by atoms with Gasteiger partial charge in [-0.1, -0.05) is 30.3 Å². The Labute approximate surface area is 242 Å². The summed E-state index contributed by atoms with van der Waals surface area (Å²) in [6.07, 6.45) is 0.965. The van der Waals surface area contributed by atoms with Crippen molar-refractivity contribution in [1.82, 2.24) is 10.2 Å². The molecule has 1 heterocycles. The maximum atomic E-state index is 14.9. The van der Waals surface area contributed by atoms with Crippen LogP contribution in [-0.4, -0.2) is 65.4 Å². The number of nitrogens with zero attached hydrogens (tertiary/aromatic N) is 1. The van der Waals surface area contributed by atoms with E-state index in [0.29, 0.717) is 28.5 Å². The summed E-state index contributed by atoms with van der Waals surface area (Å²) >= 11 is 0. The number of nitrogens with one attached hydrogen (secondary N) is 2. The van der Waals surface area contributed by atoms with Crippen molar-refractivity contribution in [3.63, 3.8) is 0 Å². The molecule has 42 heavy (non-hydrogen) atoms. The van der Waals surface area contributed by atoms with Gasteiger partial charge in [0.15, 0.2) is 0 Å². The summed E-state index contributed by atoms with van der Waals surface area (Å²) in [5.74, 6) is -0.596. The molecule has 1 aliphatic heterocycles. The Morgan fingerprint density at radius 3 is 2.33 bits per heavy atom. The summed E-state index contributed by atoms with van der Waals surface area (Å²) in [4.78, 5) is 41.3. The topological polar surface area (TPSA) is 137 Å². The van der Waals surface area contributed by atoms with Crippen molar-refractivity contribution >= 4 is 23.5 Å². The lowest BCUT2D eigenvalue weighted by atomic mass is 10.0. The highest BCUT2D eigenvalue weighted by Crippen LogP contribution is 2.40. The number of ether oxygens (including phenoxy) is 2. The summed E-state index contributed by atoms with van der Waals surface area (Å²) in [5.41, 5.74) is 1.96. The maximum Gasteiger partial charge on any atom is 0.325 e. The van der Waals surface area contributed by atoms with Crippen LogP contribution in [0.1, 0.15) is 41.5 Å². The summed E-state index contributed by atoms with van der Waals surface area (Å²) in [6, 6.07) is 14.8. The number of halogens is 1. The first-order chi connectivity index (χ1) is 20.3. The number of anilines is 1. The van der Waals surface area contributed by atoms with Gasteiger partial charge >= 0.3 is 6.03 Å². The molecule has 1 saturated heterocycles. The van der Waals surface area contributed by atoms with E-state index in [1.165, 1.54) is 19.2 Å². The zero-order valence-electron chi connectivity index (χ0n) is 23.0. The molecule has 0 aromatic heterocycles. The summed E-state index contributed by atoms with van der Waals surface area (Å²) in [7, 11) is 1.53. The zero-order valence-corrected chi connectivity index (χ0v) is 23.0. The quantitative estimate of drug-likeness (QED) is 0.243. The van der Waals surface area contributed by atoms with Crippen LogP contribution in [0.2, 0.25) is 0 Å². The number of imide groups is 1. The third-order valence-corrected chi connectivity index (χ3v) is 7.34. The number of urea groups is 1. The van der Waals surface area contributed by atoms with Crippen molar-refractivity contribution in [2.24, 2.45) is 0 Å². The SMILES string of the molecule is COc1ccc(CC(C(=O)Nc2ccc(C3CC3)cc2F)N2C(=O)N[C@H](c3ccc(OC[C@@H](O)CO)cc3)C2=O)cc1. The van der Waals surface area contributed by atoms with Crippen LogP contribution in [0.25, 0.3) is 0 Å². The number of rotatable bonds is 12. The first-order valence-electron chi connectivity index (χ1n) is 13.7. The lowest BCUT2D eigenvalue weighted by Gasteiger charge is -2.25. The number of carbonyl (C=O) groups is 3. The minimum atomic E-state index is -1.28. The van der Waals surface area contributed by atoms with Crippen LogP contribution in [0, 0.1) is 5.82 Å². The Balaban J connectivity index is 1.37. The van der Waals surface area contributed by atoms with Gasteiger partial charge < -0.3 is 30.3 Å². The van der Waals surface area contributed by atoms with E-state index in [9.17, 15) is 23.9 Å². The first-order valence-corrected chi connectivity index (χ1v) is 13.7. The number of carbonyl (C=O) groups excluding carboxylic acids is 3. The third kappa shape index (κ3) is 6.53. The van der Waals surface area contributed by atoms with Crippen molar-refractivity contribution in [1.29, 1.82) is 0 Å². The number of hydrogen-bond acceptors (Lipinski definition) is 7. The van der Waals surface area contributed by atoms with Crippen molar-refractivity contribution < 1.29 is 38.5 Å². The van der Waals surface area contributed by atoms with E-state index in [4.69, 9.17) is 14.6 Å². The fourth-order valence-corrected chi connectivity index (χ4v) is 4.82. The molecular weight excluding hydrogens is 545 g/mol. The summed E-state index contributed by atoms with van der Waals surface area (Å²) in [5, 5.41) is 23.6. The molecule has 3 atom stereocenters. The minimum Gasteiger partial charge on any atom is -0.497 e. The Morgan fingerprint density at radius 1 is 1.05 bits per heavy atom. The van der Waals surface area contributed by atoms with Gasteiger partial charge in [-0.2, -0.15) is 0 Å². The molecule has 11 heteroatoms. The molecule has 5 rings (SSSR count). The number of hydrogen-bond donors (Lipinski definition) is 4. The third-order valence-electron chi connectivity index (χ3n) is 7.34. The van der Waals surface area contributed by atoms with Crippen LogP contribution in [0.3, 0.4) is 0 Å². The molecule has 0 bridgehead atoms. The molecule has 1 aliphatic carbocycles. The van der Waals surface area contributed by atoms with Gasteiger partial charge in [0.2, 0.25) is 5.91 Å². The molecular formula is C31H32FN3O7. The monoisotopic (exact) mass is 577 g/mol. The van der Waals surface area contributed by atoms with Crippen molar-refractivity contribution in [3.8, 4) is 11.5 Å². The number of methoxy groups -OCH3 is 1. The molecule has 2 fully saturated rings. The van der Waals surface area contributed by atoms with E-state index in [-0.39, 0.29) is 18.7 Å². The molecule has 2 aliphatic rings. The van der Waals surface area contributed by atoms with Gasteiger partial charge in [0.05, 0.1) is 19.4 Å². The highest BCUT2D eigenvalue weighted by molar-refractivity contribution is 6.09. The predicted molar refractivity (Wildman–Crippen MR) is 151 cm³/mol. The average molecular weight is 578 g/mol. The summed E-state index contributed by atoms with van der Waals surface area (Å²) in [6.45, 7) is -0.561. The normalized spacial score (nSPS) is 17.9. The highest BCUT2D eigenvalue weighted by atomic mass is 19.1. The van der Waals surface area contributed by atoms with Crippen molar-refractivity contribution in [2.75, 3.05) is 25.6 Å². The largest absolute Gasteiger partial charge is 0.497 e. The van der Waals surface area contributed by atoms with Gasteiger partial charge in [-0.3, -0.25) is 9.59 Å². The molecule has 4 N–H and O–H groups in total. The number of amides is 4.